The Morgan fingerprint density at radius 2 is 2.32 bits per heavy atom. The van der Waals surface area contributed by atoms with Crippen molar-refractivity contribution in [1.82, 2.24) is 9.55 Å². The molecule has 0 saturated heterocycles. The van der Waals surface area contributed by atoms with Crippen LogP contribution in [0.3, 0.4) is 0 Å². The molecule has 0 spiro atoms. The van der Waals surface area contributed by atoms with Gasteiger partial charge in [0, 0.05) is 18.3 Å². The van der Waals surface area contributed by atoms with E-state index < -0.39 is 5.91 Å². The van der Waals surface area contributed by atoms with Gasteiger partial charge in [0.1, 0.15) is 0 Å². The van der Waals surface area contributed by atoms with Crippen LogP contribution in [0.1, 0.15) is 27.8 Å². The van der Waals surface area contributed by atoms with E-state index in [1.807, 2.05) is 6.07 Å². The Balaban J connectivity index is 2.42. The normalized spacial score (nSPS) is 12.4. The average molecular weight is 280 g/mol. The largest absolute Gasteiger partial charge is 0.395 e. The van der Waals surface area contributed by atoms with Crippen LogP contribution in [0.25, 0.3) is 0 Å². The van der Waals surface area contributed by atoms with Gasteiger partial charge in [-0.2, -0.15) is 0 Å². The Kier molecular flexibility index (Phi) is 3.87. The molecule has 2 aromatic rings. The highest BCUT2D eigenvalue weighted by molar-refractivity contribution is 6.30. The smallest absolute Gasteiger partial charge is 0.284 e. The van der Waals surface area contributed by atoms with E-state index >= 15 is 0 Å². The highest BCUT2D eigenvalue weighted by atomic mass is 35.5. The molecule has 0 aliphatic carbocycles. The number of halogens is 1. The lowest BCUT2D eigenvalue weighted by Crippen LogP contribution is -2.16. The number of primary amides is 1. The van der Waals surface area contributed by atoms with Crippen LogP contribution in [-0.2, 0) is 7.05 Å². The van der Waals surface area contributed by atoms with Gasteiger partial charge in [0.25, 0.3) is 5.91 Å². The molecule has 1 atom stereocenters. The molecule has 5 nitrogen and oxygen atoms in total. The fraction of sp³-hybridized carbons (Fsp3) is 0.231. The van der Waals surface area contributed by atoms with Crippen LogP contribution in [0.5, 0.6) is 0 Å². The molecule has 3 N–H and O–H groups in total. The molecule has 0 saturated carbocycles. The molecule has 1 aromatic carbocycles. The SMILES string of the molecule is Cn1cc(C(CO)c2cccc(Cl)c2)nc1C(N)=O. The van der Waals surface area contributed by atoms with Gasteiger partial charge in [-0.05, 0) is 17.7 Å². The van der Waals surface area contributed by atoms with Gasteiger partial charge in [-0.3, -0.25) is 4.79 Å². The molecule has 0 aliphatic heterocycles. The van der Waals surface area contributed by atoms with E-state index in [9.17, 15) is 9.90 Å². The van der Waals surface area contributed by atoms with E-state index in [-0.39, 0.29) is 18.3 Å². The lowest BCUT2D eigenvalue weighted by molar-refractivity contribution is 0.0987. The average Bonchev–Trinajstić information content (AvgIpc) is 2.72. The number of hydrogen-bond acceptors (Lipinski definition) is 3. The van der Waals surface area contributed by atoms with Gasteiger partial charge in [0.15, 0.2) is 5.82 Å². The van der Waals surface area contributed by atoms with Crippen LogP contribution in [0, 0.1) is 0 Å². The van der Waals surface area contributed by atoms with Gasteiger partial charge in [-0.25, -0.2) is 4.98 Å². The van der Waals surface area contributed by atoms with Crippen LogP contribution >= 0.6 is 11.6 Å². The molecule has 0 fully saturated rings. The zero-order valence-corrected chi connectivity index (χ0v) is 11.1. The van der Waals surface area contributed by atoms with Crippen LogP contribution < -0.4 is 5.73 Å². The highest BCUT2D eigenvalue weighted by Gasteiger charge is 2.19. The number of carbonyl (C=O) groups is 1. The van der Waals surface area contributed by atoms with Crippen LogP contribution in [-0.4, -0.2) is 27.2 Å². The monoisotopic (exact) mass is 279 g/mol. The van der Waals surface area contributed by atoms with Gasteiger partial charge in [-0.15, -0.1) is 0 Å². The predicted molar refractivity (Wildman–Crippen MR) is 72.1 cm³/mol. The number of nitrogens with zero attached hydrogens (tertiary/aromatic N) is 2. The van der Waals surface area contributed by atoms with Crippen molar-refractivity contribution < 1.29 is 9.90 Å². The summed E-state index contributed by atoms with van der Waals surface area (Å²) >= 11 is 5.94. The van der Waals surface area contributed by atoms with Gasteiger partial charge in [0.2, 0.25) is 0 Å². The van der Waals surface area contributed by atoms with Gasteiger partial charge in [0.05, 0.1) is 18.2 Å². The number of benzene rings is 1. The summed E-state index contributed by atoms with van der Waals surface area (Å²) < 4.78 is 1.55. The van der Waals surface area contributed by atoms with E-state index in [2.05, 4.69) is 4.98 Å². The first-order valence-corrected chi connectivity index (χ1v) is 6.10. The number of rotatable bonds is 4. The molecule has 0 aliphatic rings. The second-order valence-electron chi connectivity index (χ2n) is 4.25. The Hall–Kier alpha value is -1.85. The zero-order chi connectivity index (χ0) is 14.0. The van der Waals surface area contributed by atoms with E-state index in [0.717, 1.165) is 5.56 Å². The Morgan fingerprint density at radius 3 is 2.84 bits per heavy atom. The predicted octanol–water partition coefficient (Wildman–Crippen LogP) is 1.30. The Morgan fingerprint density at radius 1 is 1.58 bits per heavy atom. The second kappa shape index (κ2) is 5.42. The number of imidazole rings is 1. The summed E-state index contributed by atoms with van der Waals surface area (Å²) in [4.78, 5) is 15.4. The van der Waals surface area contributed by atoms with Crippen molar-refractivity contribution >= 4 is 17.5 Å². The maximum Gasteiger partial charge on any atom is 0.284 e. The number of aliphatic hydroxyl groups excluding tert-OH is 1. The fourth-order valence-electron chi connectivity index (χ4n) is 1.98. The molecule has 1 unspecified atom stereocenters. The summed E-state index contributed by atoms with van der Waals surface area (Å²) in [6.07, 6.45) is 1.68. The minimum absolute atomic E-state index is 0.129. The van der Waals surface area contributed by atoms with Crippen molar-refractivity contribution in [1.29, 1.82) is 0 Å². The van der Waals surface area contributed by atoms with Crippen molar-refractivity contribution in [3.8, 4) is 0 Å². The molecule has 19 heavy (non-hydrogen) atoms. The van der Waals surface area contributed by atoms with Crippen molar-refractivity contribution in [2.45, 2.75) is 5.92 Å². The maximum atomic E-state index is 11.2. The van der Waals surface area contributed by atoms with Crippen molar-refractivity contribution in [3.63, 3.8) is 0 Å². The topological polar surface area (TPSA) is 81.1 Å². The molecule has 1 amide bonds. The van der Waals surface area contributed by atoms with Crippen LogP contribution in [0.4, 0.5) is 0 Å². The third-order valence-electron chi connectivity index (χ3n) is 2.91. The highest BCUT2D eigenvalue weighted by Crippen LogP contribution is 2.25. The molecule has 0 bridgehead atoms. The number of hydrogen-bond donors (Lipinski definition) is 2. The first kappa shape index (κ1) is 13.6. The third kappa shape index (κ3) is 2.77. The minimum Gasteiger partial charge on any atom is -0.395 e. The third-order valence-corrected chi connectivity index (χ3v) is 3.14. The summed E-state index contributed by atoms with van der Waals surface area (Å²) in [6, 6.07) is 7.18. The van der Waals surface area contributed by atoms with Gasteiger partial charge in [-0.1, -0.05) is 23.7 Å². The molecule has 1 aromatic heterocycles. The van der Waals surface area contributed by atoms with Crippen molar-refractivity contribution in [2.24, 2.45) is 12.8 Å². The van der Waals surface area contributed by atoms with Gasteiger partial charge >= 0.3 is 0 Å². The fourth-order valence-corrected chi connectivity index (χ4v) is 2.18. The first-order chi connectivity index (χ1) is 9.02. The van der Waals surface area contributed by atoms with E-state index in [0.29, 0.717) is 10.7 Å². The van der Waals surface area contributed by atoms with E-state index in [1.54, 1.807) is 36.0 Å². The molecule has 2 rings (SSSR count). The van der Waals surface area contributed by atoms with E-state index in [4.69, 9.17) is 17.3 Å². The summed E-state index contributed by atoms with van der Waals surface area (Å²) in [5.74, 6) is -0.773. The molecular weight excluding hydrogens is 266 g/mol. The molecular formula is C13H14ClN3O2. The van der Waals surface area contributed by atoms with Crippen LogP contribution in [0.15, 0.2) is 30.5 Å². The maximum absolute atomic E-state index is 11.2. The standard InChI is InChI=1S/C13H14ClN3O2/c1-17-6-11(16-13(17)12(15)19)10(7-18)8-3-2-4-9(14)5-8/h2-6,10,18H,7H2,1H3,(H2,15,19). The van der Waals surface area contributed by atoms with Crippen molar-refractivity contribution in [3.05, 3.63) is 52.6 Å². The molecule has 1 heterocycles. The number of carbonyl (C=O) groups excluding carboxylic acids is 1. The summed E-state index contributed by atoms with van der Waals surface area (Å²) in [5.41, 5.74) is 6.65. The second-order valence-corrected chi connectivity index (χ2v) is 4.69. The molecule has 6 heteroatoms. The summed E-state index contributed by atoms with van der Waals surface area (Å²) in [7, 11) is 1.68. The zero-order valence-electron chi connectivity index (χ0n) is 10.4. The van der Waals surface area contributed by atoms with Gasteiger partial charge < -0.3 is 15.4 Å². The number of aliphatic hydroxyl groups is 1. The lowest BCUT2D eigenvalue weighted by Gasteiger charge is -2.12. The minimum atomic E-state index is -0.600. The van der Waals surface area contributed by atoms with Crippen LogP contribution in [0.2, 0.25) is 5.02 Å². The van der Waals surface area contributed by atoms with E-state index in [1.165, 1.54) is 0 Å². The quantitative estimate of drug-likeness (QED) is 0.885. The summed E-state index contributed by atoms with van der Waals surface area (Å²) in [6.45, 7) is -0.129. The first-order valence-electron chi connectivity index (χ1n) is 5.72. The van der Waals surface area contributed by atoms with Crippen molar-refractivity contribution in [2.75, 3.05) is 6.61 Å². The number of aromatic nitrogens is 2. The Bertz CT molecular complexity index is 610. The molecule has 100 valence electrons. The summed E-state index contributed by atoms with van der Waals surface area (Å²) in [5, 5.41) is 10.1. The number of amides is 1. The lowest BCUT2D eigenvalue weighted by atomic mass is 9.97. The Labute approximate surface area is 115 Å². The number of nitrogens with two attached hydrogens (primary N) is 1. The molecule has 0 radical (unpaired) electrons. The number of aryl methyl sites for hydroxylation is 1.